The average Bonchev–Trinajstić information content (AvgIpc) is 2.83. The van der Waals surface area contributed by atoms with Gasteiger partial charge in [0.15, 0.2) is 5.78 Å². The first kappa shape index (κ1) is 23.1. The fourth-order valence-corrected chi connectivity index (χ4v) is 5.49. The van der Waals surface area contributed by atoms with Crippen LogP contribution in [0.4, 0.5) is 5.69 Å². The second kappa shape index (κ2) is 9.43. The molecule has 1 atom stereocenters. The van der Waals surface area contributed by atoms with E-state index in [9.17, 15) is 18.0 Å². The predicted molar refractivity (Wildman–Crippen MR) is 129 cm³/mol. The van der Waals surface area contributed by atoms with Gasteiger partial charge in [-0.3, -0.25) is 14.5 Å². The molecule has 4 rings (SSSR count). The van der Waals surface area contributed by atoms with E-state index in [4.69, 9.17) is 0 Å². The van der Waals surface area contributed by atoms with Crippen LogP contribution in [0.2, 0.25) is 0 Å². The van der Waals surface area contributed by atoms with E-state index in [-0.39, 0.29) is 16.6 Å². The Kier molecular flexibility index (Phi) is 6.60. The van der Waals surface area contributed by atoms with E-state index in [0.717, 1.165) is 10.8 Å². The molecule has 0 bridgehead atoms. The van der Waals surface area contributed by atoms with E-state index in [0.29, 0.717) is 37.4 Å². The van der Waals surface area contributed by atoms with Gasteiger partial charge < -0.3 is 5.32 Å². The lowest BCUT2D eigenvalue weighted by Gasteiger charge is -2.36. The quantitative estimate of drug-likeness (QED) is 0.564. The maximum atomic E-state index is 13.2. The molecule has 1 unspecified atom stereocenters. The molecular weight excluding hydrogens is 438 g/mol. The lowest BCUT2D eigenvalue weighted by molar-refractivity contribution is -0.121. The lowest BCUT2D eigenvalue weighted by Crippen LogP contribution is -2.53. The van der Waals surface area contributed by atoms with Crippen molar-refractivity contribution >= 4 is 38.2 Å². The largest absolute Gasteiger partial charge is 0.325 e. The number of carbonyl (C=O) groups excluding carboxylic acids is 2. The molecule has 1 heterocycles. The SMILES string of the molecule is CC(=O)c1cccc(NC(=O)C(C)N2CCN(S(=O)(=O)c3ccc4ccccc4c3)CC2)c1. The van der Waals surface area contributed by atoms with Gasteiger partial charge in [-0.05, 0) is 48.9 Å². The number of carbonyl (C=O) groups is 2. The highest BCUT2D eigenvalue weighted by atomic mass is 32.2. The van der Waals surface area contributed by atoms with Crippen LogP contribution in [0.25, 0.3) is 10.8 Å². The number of fused-ring (bicyclic) bond motifs is 1. The normalized spacial score (nSPS) is 16.4. The average molecular weight is 466 g/mol. The van der Waals surface area contributed by atoms with E-state index in [1.165, 1.54) is 11.2 Å². The van der Waals surface area contributed by atoms with Crippen LogP contribution >= 0.6 is 0 Å². The number of nitrogens with zero attached hydrogens (tertiary/aromatic N) is 2. The Bertz CT molecular complexity index is 1300. The summed E-state index contributed by atoms with van der Waals surface area (Å²) >= 11 is 0. The molecule has 1 amide bonds. The second-order valence-corrected chi connectivity index (χ2v) is 10.2. The standard InChI is InChI=1S/C25H27N3O4S/c1-18(25(30)26-23-9-5-8-21(16-23)19(2)29)27-12-14-28(15-13-27)33(31,32)24-11-10-20-6-3-4-7-22(20)17-24/h3-11,16-18H,12-15H2,1-2H3,(H,26,30). The van der Waals surface area contributed by atoms with Crippen LogP contribution in [0, 0.1) is 0 Å². The van der Waals surface area contributed by atoms with Crippen LogP contribution in [0.3, 0.4) is 0 Å². The molecule has 1 saturated heterocycles. The zero-order chi connectivity index (χ0) is 23.6. The number of ketones is 1. The van der Waals surface area contributed by atoms with Crippen molar-refractivity contribution in [3.63, 3.8) is 0 Å². The smallest absolute Gasteiger partial charge is 0.243 e. The molecule has 0 aliphatic carbocycles. The molecule has 0 aromatic heterocycles. The third-order valence-corrected chi connectivity index (χ3v) is 7.99. The highest BCUT2D eigenvalue weighted by Gasteiger charge is 2.32. The van der Waals surface area contributed by atoms with Gasteiger partial charge in [0.25, 0.3) is 0 Å². The number of hydrogen-bond acceptors (Lipinski definition) is 5. The first-order valence-corrected chi connectivity index (χ1v) is 12.3. The Morgan fingerprint density at radius 1 is 0.879 bits per heavy atom. The van der Waals surface area contributed by atoms with Crippen molar-refractivity contribution < 1.29 is 18.0 Å². The summed E-state index contributed by atoms with van der Waals surface area (Å²) in [5.74, 6) is -0.260. The highest BCUT2D eigenvalue weighted by molar-refractivity contribution is 7.89. The van der Waals surface area contributed by atoms with E-state index in [2.05, 4.69) is 5.32 Å². The monoisotopic (exact) mass is 465 g/mol. The molecule has 1 N–H and O–H groups in total. The molecule has 3 aromatic rings. The molecular formula is C25H27N3O4S. The van der Waals surface area contributed by atoms with Gasteiger partial charge in [0.05, 0.1) is 10.9 Å². The van der Waals surface area contributed by atoms with Crippen molar-refractivity contribution in [2.45, 2.75) is 24.8 Å². The molecule has 172 valence electrons. The van der Waals surface area contributed by atoms with Gasteiger partial charge >= 0.3 is 0 Å². The van der Waals surface area contributed by atoms with Gasteiger partial charge in [-0.1, -0.05) is 42.5 Å². The zero-order valence-corrected chi connectivity index (χ0v) is 19.5. The molecule has 33 heavy (non-hydrogen) atoms. The van der Waals surface area contributed by atoms with Crippen LogP contribution in [-0.4, -0.2) is 61.5 Å². The number of Topliss-reactive ketones (excluding diaryl/α,β-unsaturated/α-hetero) is 1. The summed E-state index contributed by atoms with van der Waals surface area (Å²) in [5.41, 5.74) is 1.10. The minimum atomic E-state index is -3.61. The predicted octanol–water partition coefficient (Wildman–Crippen LogP) is 3.38. The highest BCUT2D eigenvalue weighted by Crippen LogP contribution is 2.23. The molecule has 1 aliphatic heterocycles. The van der Waals surface area contributed by atoms with E-state index in [1.807, 2.05) is 35.2 Å². The van der Waals surface area contributed by atoms with Gasteiger partial charge in [0.1, 0.15) is 0 Å². The fourth-order valence-electron chi connectivity index (χ4n) is 4.04. The van der Waals surface area contributed by atoms with Gasteiger partial charge in [-0.15, -0.1) is 0 Å². The minimum Gasteiger partial charge on any atom is -0.325 e. The number of anilines is 1. The zero-order valence-electron chi connectivity index (χ0n) is 18.7. The number of sulfonamides is 1. The molecule has 7 nitrogen and oxygen atoms in total. The Labute approximate surface area is 194 Å². The van der Waals surface area contributed by atoms with Gasteiger partial charge in [-0.25, -0.2) is 8.42 Å². The number of hydrogen-bond donors (Lipinski definition) is 1. The Morgan fingerprint density at radius 3 is 2.27 bits per heavy atom. The summed E-state index contributed by atoms with van der Waals surface area (Å²) in [6.45, 7) is 4.82. The summed E-state index contributed by atoms with van der Waals surface area (Å²) in [6.07, 6.45) is 0. The van der Waals surface area contributed by atoms with Crippen LogP contribution in [0.15, 0.2) is 71.6 Å². The van der Waals surface area contributed by atoms with Crippen molar-refractivity contribution in [3.8, 4) is 0 Å². The van der Waals surface area contributed by atoms with Crippen molar-refractivity contribution in [3.05, 3.63) is 72.3 Å². The molecule has 0 spiro atoms. The van der Waals surface area contributed by atoms with Crippen LogP contribution in [0.5, 0.6) is 0 Å². The van der Waals surface area contributed by atoms with Crippen molar-refractivity contribution in [1.82, 2.24) is 9.21 Å². The molecule has 1 aliphatic rings. The number of rotatable bonds is 6. The number of amides is 1. The molecule has 0 saturated carbocycles. The van der Waals surface area contributed by atoms with Crippen LogP contribution < -0.4 is 5.32 Å². The molecule has 0 radical (unpaired) electrons. The fraction of sp³-hybridized carbons (Fsp3) is 0.280. The van der Waals surface area contributed by atoms with Crippen LogP contribution in [-0.2, 0) is 14.8 Å². The minimum absolute atomic E-state index is 0.0668. The van der Waals surface area contributed by atoms with Crippen molar-refractivity contribution in [2.24, 2.45) is 0 Å². The lowest BCUT2D eigenvalue weighted by atomic mass is 10.1. The maximum absolute atomic E-state index is 13.2. The Hall–Kier alpha value is -3.07. The number of benzene rings is 3. The summed E-state index contributed by atoms with van der Waals surface area (Å²) in [7, 11) is -3.61. The van der Waals surface area contributed by atoms with Gasteiger partial charge in [0, 0.05) is 37.4 Å². The summed E-state index contributed by atoms with van der Waals surface area (Å²) in [4.78, 5) is 26.6. The van der Waals surface area contributed by atoms with E-state index >= 15 is 0 Å². The maximum Gasteiger partial charge on any atom is 0.243 e. The van der Waals surface area contributed by atoms with E-state index < -0.39 is 16.1 Å². The second-order valence-electron chi connectivity index (χ2n) is 8.25. The van der Waals surface area contributed by atoms with Gasteiger partial charge in [0.2, 0.25) is 15.9 Å². The van der Waals surface area contributed by atoms with Crippen molar-refractivity contribution in [2.75, 3.05) is 31.5 Å². The third kappa shape index (κ3) is 4.98. The third-order valence-electron chi connectivity index (χ3n) is 6.10. The first-order chi connectivity index (χ1) is 15.8. The van der Waals surface area contributed by atoms with Crippen LogP contribution in [0.1, 0.15) is 24.2 Å². The Morgan fingerprint density at radius 2 is 1.58 bits per heavy atom. The van der Waals surface area contributed by atoms with Gasteiger partial charge in [-0.2, -0.15) is 4.31 Å². The molecule has 1 fully saturated rings. The summed E-state index contributed by atoms with van der Waals surface area (Å²) in [5, 5.41) is 4.73. The number of piperazine rings is 1. The molecule has 3 aromatic carbocycles. The summed E-state index contributed by atoms with van der Waals surface area (Å²) < 4.78 is 27.8. The van der Waals surface area contributed by atoms with E-state index in [1.54, 1.807) is 43.3 Å². The first-order valence-electron chi connectivity index (χ1n) is 10.9. The van der Waals surface area contributed by atoms with Crippen molar-refractivity contribution in [1.29, 1.82) is 0 Å². The topological polar surface area (TPSA) is 86.8 Å². The molecule has 8 heteroatoms. The summed E-state index contributed by atoms with van der Waals surface area (Å²) in [6, 6.07) is 19.2. The Balaban J connectivity index is 1.39. The number of nitrogens with one attached hydrogen (secondary N) is 1.